The quantitative estimate of drug-likeness (QED) is 0.372. The highest BCUT2D eigenvalue weighted by atomic mass is 35.5. The molecule has 0 radical (unpaired) electrons. The monoisotopic (exact) mass is 414 g/mol. The number of allylic oxidation sites excluding steroid dienone is 1. The van der Waals surface area contributed by atoms with Gasteiger partial charge in [0, 0.05) is 7.11 Å². The molecule has 1 fully saturated rings. The summed E-state index contributed by atoms with van der Waals surface area (Å²) in [6.07, 6.45) is 1.47. The molecule has 1 saturated carbocycles. The average Bonchev–Trinajstić information content (AvgIpc) is 3.09. The highest BCUT2D eigenvalue weighted by molar-refractivity contribution is 6.55. The molecule has 1 aliphatic carbocycles. The number of halogens is 6. The van der Waals surface area contributed by atoms with Gasteiger partial charge in [0.2, 0.25) is 0 Å². The molecule has 9 heteroatoms. The Morgan fingerprint density at radius 1 is 1.04 bits per heavy atom. The zero-order valence-corrected chi connectivity index (χ0v) is 15.7. The van der Waals surface area contributed by atoms with E-state index in [9.17, 15) is 22.4 Å². The minimum atomic E-state index is -1.63. The first-order valence-electron chi connectivity index (χ1n) is 7.56. The fourth-order valence-corrected chi connectivity index (χ4v) is 3.20. The number of ether oxygens (including phenoxy) is 2. The van der Waals surface area contributed by atoms with E-state index in [0.717, 1.165) is 7.11 Å². The molecular formula is C17H16Cl2F4O3. The molecule has 3 nitrogen and oxygen atoms in total. The molecule has 1 aliphatic rings. The summed E-state index contributed by atoms with van der Waals surface area (Å²) in [4.78, 5) is 12.2. The Kier molecular flexibility index (Phi) is 6.25. The van der Waals surface area contributed by atoms with Gasteiger partial charge in [-0.15, -0.1) is 0 Å². The summed E-state index contributed by atoms with van der Waals surface area (Å²) in [6, 6.07) is 0. The van der Waals surface area contributed by atoms with E-state index in [4.69, 9.17) is 27.9 Å². The molecule has 144 valence electrons. The first-order valence-corrected chi connectivity index (χ1v) is 8.31. The molecule has 0 aromatic heterocycles. The highest BCUT2D eigenvalue weighted by Crippen LogP contribution is 2.60. The molecule has 0 unspecified atom stereocenters. The van der Waals surface area contributed by atoms with Crippen LogP contribution >= 0.6 is 23.2 Å². The molecule has 0 bridgehead atoms. The van der Waals surface area contributed by atoms with Crippen molar-refractivity contribution in [3.63, 3.8) is 0 Å². The number of hydrogen-bond acceptors (Lipinski definition) is 3. The molecule has 0 amide bonds. The normalized spacial score (nSPS) is 20.7. The van der Waals surface area contributed by atoms with Gasteiger partial charge in [0.15, 0.2) is 23.3 Å². The second kappa shape index (κ2) is 7.74. The number of carbonyl (C=O) groups is 1. The van der Waals surface area contributed by atoms with Crippen molar-refractivity contribution in [2.24, 2.45) is 17.3 Å². The summed E-state index contributed by atoms with van der Waals surface area (Å²) in [6.45, 7) is 1.93. The largest absolute Gasteiger partial charge is 0.460 e. The predicted molar refractivity (Wildman–Crippen MR) is 87.3 cm³/mol. The van der Waals surface area contributed by atoms with E-state index in [0.29, 0.717) is 0 Å². The smallest absolute Gasteiger partial charge is 0.310 e. The lowest BCUT2D eigenvalue weighted by atomic mass is 10.1. The maximum Gasteiger partial charge on any atom is 0.310 e. The van der Waals surface area contributed by atoms with E-state index in [-0.39, 0.29) is 10.4 Å². The molecule has 1 aromatic carbocycles. The van der Waals surface area contributed by atoms with Gasteiger partial charge in [-0.1, -0.05) is 37.0 Å². The van der Waals surface area contributed by atoms with Crippen LogP contribution in [0.25, 0.3) is 0 Å². The summed E-state index contributed by atoms with van der Waals surface area (Å²) < 4.78 is 65.2. The minimum Gasteiger partial charge on any atom is -0.460 e. The van der Waals surface area contributed by atoms with Crippen molar-refractivity contribution in [2.75, 3.05) is 7.11 Å². The summed E-state index contributed by atoms with van der Waals surface area (Å²) in [5.74, 6) is -8.14. The number of hydrogen-bond donors (Lipinski definition) is 0. The van der Waals surface area contributed by atoms with Gasteiger partial charge in [0.05, 0.1) is 23.7 Å². The summed E-state index contributed by atoms with van der Waals surface area (Å²) >= 11 is 11.2. The molecule has 0 aliphatic heterocycles. The summed E-state index contributed by atoms with van der Waals surface area (Å²) in [5, 5.41) is 0. The van der Waals surface area contributed by atoms with E-state index in [1.807, 2.05) is 0 Å². The van der Waals surface area contributed by atoms with E-state index in [1.165, 1.54) is 6.08 Å². The van der Waals surface area contributed by atoms with Crippen LogP contribution in [0.15, 0.2) is 10.6 Å². The van der Waals surface area contributed by atoms with Crippen molar-refractivity contribution in [1.82, 2.24) is 0 Å². The van der Waals surface area contributed by atoms with Gasteiger partial charge in [0.1, 0.15) is 11.1 Å². The van der Waals surface area contributed by atoms with E-state index >= 15 is 0 Å². The van der Waals surface area contributed by atoms with Crippen molar-refractivity contribution in [3.05, 3.63) is 45.0 Å². The van der Waals surface area contributed by atoms with Crippen LogP contribution < -0.4 is 0 Å². The molecule has 2 rings (SSSR count). The van der Waals surface area contributed by atoms with Gasteiger partial charge in [-0.2, -0.15) is 0 Å². The van der Waals surface area contributed by atoms with Crippen molar-refractivity contribution in [1.29, 1.82) is 0 Å². The zero-order chi connectivity index (χ0) is 19.8. The van der Waals surface area contributed by atoms with Crippen LogP contribution in [0.3, 0.4) is 0 Å². The van der Waals surface area contributed by atoms with Crippen molar-refractivity contribution >= 4 is 29.2 Å². The number of carbonyl (C=O) groups excluding carboxylic acids is 1. The van der Waals surface area contributed by atoms with Crippen molar-refractivity contribution in [3.8, 4) is 0 Å². The van der Waals surface area contributed by atoms with E-state index in [1.54, 1.807) is 13.8 Å². The molecule has 0 spiro atoms. The Bertz CT molecular complexity index is 732. The standard InChI is InChI=1S/C17H16Cl2F4O3/c1-17(2)9(4-10(18)19)11(17)16(24)26-6-8-14(22)12(20)7(5-25-3)13(21)15(8)23/h4,9,11H,5-6H2,1-3H3/t9-,11-/m0/s1. The van der Waals surface area contributed by atoms with Gasteiger partial charge >= 0.3 is 5.97 Å². The second-order valence-electron chi connectivity index (χ2n) is 6.53. The molecule has 1 aromatic rings. The lowest BCUT2D eigenvalue weighted by Gasteiger charge is -2.12. The number of benzene rings is 1. The zero-order valence-electron chi connectivity index (χ0n) is 14.1. The number of rotatable bonds is 6. The second-order valence-corrected chi connectivity index (χ2v) is 7.54. The number of esters is 1. The number of methoxy groups -OCH3 is 1. The topological polar surface area (TPSA) is 35.5 Å². The third-order valence-electron chi connectivity index (χ3n) is 4.56. The van der Waals surface area contributed by atoms with Crippen LogP contribution in [0.5, 0.6) is 0 Å². The van der Waals surface area contributed by atoms with Gasteiger partial charge < -0.3 is 9.47 Å². The van der Waals surface area contributed by atoms with Crippen LogP contribution in [0.1, 0.15) is 25.0 Å². The third kappa shape index (κ3) is 3.85. The van der Waals surface area contributed by atoms with Crippen LogP contribution in [0.2, 0.25) is 0 Å². The van der Waals surface area contributed by atoms with Gasteiger partial charge in [-0.05, 0) is 17.4 Å². The fourth-order valence-electron chi connectivity index (χ4n) is 2.93. The van der Waals surface area contributed by atoms with E-state index in [2.05, 4.69) is 4.74 Å². The van der Waals surface area contributed by atoms with Gasteiger partial charge in [-0.25, -0.2) is 17.6 Å². The van der Waals surface area contributed by atoms with Crippen molar-refractivity contribution < 1.29 is 31.8 Å². The third-order valence-corrected chi connectivity index (χ3v) is 4.81. The molecule has 2 atom stereocenters. The predicted octanol–water partition coefficient (Wildman–Crippen LogP) is 5.02. The minimum absolute atomic E-state index is 0.0201. The van der Waals surface area contributed by atoms with Gasteiger partial charge in [-0.3, -0.25) is 4.79 Å². The van der Waals surface area contributed by atoms with Crippen LogP contribution in [-0.4, -0.2) is 13.1 Å². The Hall–Kier alpha value is -1.31. The first-order chi connectivity index (χ1) is 12.0. The Morgan fingerprint density at radius 2 is 1.50 bits per heavy atom. The summed E-state index contributed by atoms with van der Waals surface area (Å²) in [5.41, 5.74) is -2.39. The molecule has 0 saturated heterocycles. The summed E-state index contributed by atoms with van der Waals surface area (Å²) in [7, 11) is 1.12. The lowest BCUT2D eigenvalue weighted by molar-refractivity contribution is -0.147. The Labute approximate surface area is 157 Å². The molecule has 0 heterocycles. The lowest BCUT2D eigenvalue weighted by Crippen LogP contribution is -2.15. The molecular weight excluding hydrogens is 399 g/mol. The SMILES string of the molecule is COCc1c(F)c(F)c(COC(=O)[C@@H]2[C@H](C=C(Cl)Cl)C2(C)C)c(F)c1F. The van der Waals surface area contributed by atoms with Crippen LogP contribution in [-0.2, 0) is 27.5 Å². The van der Waals surface area contributed by atoms with E-state index < -0.39 is 64.9 Å². The molecule has 26 heavy (non-hydrogen) atoms. The maximum atomic E-state index is 14.0. The fraction of sp³-hybridized carbons (Fsp3) is 0.471. The maximum absolute atomic E-state index is 14.0. The Morgan fingerprint density at radius 3 is 1.92 bits per heavy atom. The van der Waals surface area contributed by atoms with Crippen LogP contribution in [0.4, 0.5) is 17.6 Å². The molecule has 0 N–H and O–H groups in total. The van der Waals surface area contributed by atoms with Crippen molar-refractivity contribution in [2.45, 2.75) is 27.1 Å². The first kappa shape index (κ1) is 21.0. The van der Waals surface area contributed by atoms with Crippen LogP contribution in [0, 0.1) is 40.5 Å². The Balaban J connectivity index is 2.18. The van der Waals surface area contributed by atoms with Gasteiger partial charge in [0.25, 0.3) is 0 Å². The average molecular weight is 415 g/mol. The highest BCUT2D eigenvalue weighted by Gasteiger charge is 2.61.